The van der Waals surface area contributed by atoms with E-state index in [1.165, 1.54) is 12.1 Å². The van der Waals surface area contributed by atoms with E-state index in [1.807, 2.05) is 6.82 Å². The number of hydrogen-bond donors (Lipinski definition) is 1. The van der Waals surface area contributed by atoms with Crippen LogP contribution in [0.1, 0.15) is 63.6 Å². The smallest absolute Gasteiger partial charge is 0.416 e. The third-order valence-corrected chi connectivity index (χ3v) is 7.43. The number of piperazine rings is 1. The average Bonchev–Trinajstić information content (AvgIpc) is 2.72. The highest BCUT2D eigenvalue weighted by Crippen LogP contribution is 2.36. The Morgan fingerprint density at radius 2 is 1.74 bits per heavy atom. The van der Waals surface area contributed by atoms with E-state index >= 15 is 0 Å². The lowest BCUT2D eigenvalue weighted by molar-refractivity contribution is -0.137. The molecule has 2 saturated heterocycles. The molecule has 31 heavy (non-hydrogen) atoms. The number of benzene rings is 1. The van der Waals surface area contributed by atoms with Crippen molar-refractivity contribution in [1.29, 1.82) is 0 Å². The van der Waals surface area contributed by atoms with Crippen molar-refractivity contribution in [1.82, 2.24) is 14.6 Å². The second kappa shape index (κ2) is 9.81. The molecule has 2 fully saturated rings. The molecule has 0 aliphatic carbocycles. The molecular formula is C23H37BF3N3O. The van der Waals surface area contributed by atoms with Crippen LogP contribution >= 0.6 is 0 Å². The van der Waals surface area contributed by atoms with Gasteiger partial charge in [0.1, 0.15) is 0 Å². The molecule has 1 N–H and O–H groups in total. The van der Waals surface area contributed by atoms with E-state index in [4.69, 9.17) is 0 Å². The number of alkyl halides is 3. The predicted molar refractivity (Wildman–Crippen MR) is 120 cm³/mol. The van der Waals surface area contributed by atoms with Crippen LogP contribution in [-0.4, -0.2) is 71.0 Å². The molecule has 2 atom stereocenters. The Labute approximate surface area is 185 Å². The highest BCUT2D eigenvalue weighted by molar-refractivity contribution is 6.45. The molecule has 0 spiro atoms. The molecule has 0 amide bonds. The second-order valence-electron chi connectivity index (χ2n) is 9.62. The molecular weight excluding hydrogens is 402 g/mol. The summed E-state index contributed by atoms with van der Waals surface area (Å²) in [5.41, 5.74) is 0.535. The van der Waals surface area contributed by atoms with Gasteiger partial charge in [0.25, 0.3) is 0 Å². The normalized spacial score (nSPS) is 24.8. The van der Waals surface area contributed by atoms with Gasteiger partial charge in [-0.15, -0.1) is 0 Å². The highest BCUT2D eigenvalue weighted by Gasteiger charge is 2.41. The van der Waals surface area contributed by atoms with Gasteiger partial charge in [-0.1, -0.05) is 25.5 Å². The van der Waals surface area contributed by atoms with Crippen LogP contribution in [0.5, 0.6) is 0 Å². The molecule has 2 heterocycles. The van der Waals surface area contributed by atoms with Gasteiger partial charge in [0, 0.05) is 37.3 Å². The molecule has 0 bridgehead atoms. The fraction of sp³-hybridized carbons (Fsp3) is 0.739. The first kappa shape index (κ1) is 24.6. The van der Waals surface area contributed by atoms with Crippen molar-refractivity contribution in [2.75, 3.05) is 32.7 Å². The summed E-state index contributed by atoms with van der Waals surface area (Å²) in [6.45, 7) is 13.2. The fourth-order valence-corrected chi connectivity index (χ4v) is 5.31. The summed E-state index contributed by atoms with van der Waals surface area (Å²) in [6.07, 6.45) is -0.276. The number of hydrogen-bond acceptors (Lipinski definition) is 4. The minimum absolute atomic E-state index is 0.139. The molecule has 8 heteroatoms. The van der Waals surface area contributed by atoms with Crippen LogP contribution in [0.3, 0.4) is 0 Å². The monoisotopic (exact) mass is 439 g/mol. The molecule has 2 aliphatic heterocycles. The number of piperidine rings is 1. The summed E-state index contributed by atoms with van der Waals surface area (Å²) < 4.78 is 38.9. The second-order valence-corrected chi connectivity index (χ2v) is 9.62. The van der Waals surface area contributed by atoms with Gasteiger partial charge in [0.05, 0.1) is 5.56 Å². The number of nitrogens with zero attached hydrogens (tertiary/aromatic N) is 3. The van der Waals surface area contributed by atoms with E-state index in [9.17, 15) is 18.2 Å². The Morgan fingerprint density at radius 1 is 1.13 bits per heavy atom. The Morgan fingerprint density at radius 3 is 2.23 bits per heavy atom. The van der Waals surface area contributed by atoms with E-state index in [2.05, 4.69) is 35.4 Å². The Bertz CT molecular complexity index is 705. The van der Waals surface area contributed by atoms with Crippen molar-refractivity contribution in [3.8, 4) is 0 Å². The van der Waals surface area contributed by atoms with Crippen LogP contribution in [-0.2, 0) is 6.18 Å². The summed E-state index contributed by atoms with van der Waals surface area (Å²) in [4.78, 5) is 7.21. The van der Waals surface area contributed by atoms with Gasteiger partial charge >= 0.3 is 13.2 Å². The summed E-state index contributed by atoms with van der Waals surface area (Å²) >= 11 is 0. The quantitative estimate of drug-likeness (QED) is 0.661. The molecule has 1 aromatic carbocycles. The van der Waals surface area contributed by atoms with Gasteiger partial charge in [-0.25, -0.2) is 0 Å². The van der Waals surface area contributed by atoms with Crippen LogP contribution in [0.2, 0.25) is 6.82 Å². The zero-order valence-electron chi connectivity index (χ0n) is 19.3. The molecule has 2 aliphatic rings. The van der Waals surface area contributed by atoms with Crippen LogP contribution in [0.15, 0.2) is 24.3 Å². The number of rotatable bonds is 6. The number of halogens is 3. The zero-order valence-corrected chi connectivity index (χ0v) is 19.3. The SMILES string of the molecule is CCC[C@@H](c1ccc(C(F)(F)F)cc1)N1CCN(C2(C)CCN(B(C)O)CC2)C[C@@H]1C. The summed E-state index contributed by atoms with van der Waals surface area (Å²) in [7, 11) is -0.390. The van der Waals surface area contributed by atoms with Gasteiger partial charge in [-0.3, -0.25) is 9.80 Å². The maximum atomic E-state index is 13.0. The maximum absolute atomic E-state index is 13.0. The van der Waals surface area contributed by atoms with Crippen LogP contribution in [0.4, 0.5) is 13.2 Å². The minimum Gasteiger partial charge on any atom is -0.437 e. The molecule has 174 valence electrons. The van der Waals surface area contributed by atoms with E-state index in [1.54, 1.807) is 12.1 Å². The van der Waals surface area contributed by atoms with Crippen molar-refractivity contribution in [2.24, 2.45) is 0 Å². The van der Waals surface area contributed by atoms with Crippen molar-refractivity contribution in [2.45, 2.75) is 77.1 Å². The Hall–Kier alpha value is -1.09. The third-order valence-electron chi connectivity index (χ3n) is 7.43. The highest BCUT2D eigenvalue weighted by atomic mass is 19.4. The van der Waals surface area contributed by atoms with E-state index in [-0.39, 0.29) is 18.6 Å². The topological polar surface area (TPSA) is 30.0 Å². The van der Waals surface area contributed by atoms with E-state index in [0.29, 0.717) is 6.04 Å². The molecule has 0 aromatic heterocycles. The lowest BCUT2D eigenvalue weighted by atomic mass is 9.78. The van der Waals surface area contributed by atoms with Crippen LogP contribution in [0, 0.1) is 0 Å². The third kappa shape index (κ3) is 5.64. The first-order valence-corrected chi connectivity index (χ1v) is 11.6. The van der Waals surface area contributed by atoms with Gasteiger partial charge in [0.15, 0.2) is 0 Å². The first-order chi connectivity index (χ1) is 14.5. The average molecular weight is 439 g/mol. The van der Waals surface area contributed by atoms with Gasteiger partial charge in [-0.2, -0.15) is 13.2 Å². The molecule has 4 nitrogen and oxygen atoms in total. The van der Waals surface area contributed by atoms with Crippen molar-refractivity contribution < 1.29 is 18.2 Å². The van der Waals surface area contributed by atoms with Crippen molar-refractivity contribution >= 4 is 7.05 Å². The molecule has 0 saturated carbocycles. The van der Waals surface area contributed by atoms with Crippen molar-refractivity contribution in [3.05, 3.63) is 35.4 Å². The standard InChI is InChI=1S/C23H37BF3N3O/c1-5-6-21(19-7-9-20(10-8-19)23(25,26)27)30-16-15-28(17-18(30)2)22(3)11-13-29(14-12-22)24(4)31/h7-10,18,21,31H,5-6,11-17H2,1-4H3/t18-,21-/m0/s1. The lowest BCUT2D eigenvalue weighted by Gasteiger charge is -2.53. The van der Waals surface area contributed by atoms with Crippen LogP contribution in [0.25, 0.3) is 0 Å². The van der Waals surface area contributed by atoms with Gasteiger partial charge in [0.2, 0.25) is 0 Å². The zero-order chi connectivity index (χ0) is 22.8. The first-order valence-electron chi connectivity index (χ1n) is 11.6. The molecule has 0 radical (unpaired) electrons. The largest absolute Gasteiger partial charge is 0.437 e. The van der Waals surface area contributed by atoms with Gasteiger partial charge in [-0.05, 0) is 70.7 Å². The molecule has 3 rings (SSSR count). The Balaban J connectivity index is 1.68. The Kier molecular flexibility index (Phi) is 7.77. The maximum Gasteiger partial charge on any atom is 0.416 e. The van der Waals surface area contributed by atoms with Gasteiger partial charge < -0.3 is 9.83 Å². The molecule has 1 aromatic rings. The van der Waals surface area contributed by atoms with E-state index in [0.717, 1.165) is 64.0 Å². The molecule has 0 unspecified atom stereocenters. The van der Waals surface area contributed by atoms with E-state index < -0.39 is 11.7 Å². The summed E-state index contributed by atoms with van der Waals surface area (Å²) in [6, 6.07) is 6.24. The predicted octanol–water partition coefficient (Wildman–Crippen LogP) is 4.52. The minimum atomic E-state index is -4.30. The summed E-state index contributed by atoms with van der Waals surface area (Å²) in [5.74, 6) is 0. The van der Waals surface area contributed by atoms with Crippen molar-refractivity contribution in [3.63, 3.8) is 0 Å². The summed E-state index contributed by atoms with van der Waals surface area (Å²) in [5, 5.41) is 9.86. The lowest BCUT2D eigenvalue weighted by Crippen LogP contribution is -2.62. The fourth-order valence-electron chi connectivity index (χ4n) is 5.31. The van der Waals surface area contributed by atoms with Crippen LogP contribution < -0.4 is 0 Å².